The van der Waals surface area contributed by atoms with Crippen molar-refractivity contribution in [3.8, 4) is 0 Å². The monoisotopic (exact) mass is 687 g/mol. The maximum atomic E-state index is 3.00. The van der Waals surface area contributed by atoms with Gasteiger partial charge in [0.15, 0.2) is 0 Å². The highest BCUT2D eigenvalue weighted by Gasteiger charge is 3.02. The van der Waals surface area contributed by atoms with Gasteiger partial charge in [0.2, 0.25) is 0 Å². The average molecular weight is 687 g/mol. The number of hydrogen-bond donors (Lipinski definition) is 0. The second-order valence-electron chi connectivity index (χ2n) is 22.5. The Bertz CT molecular complexity index is 1460. The predicted octanol–water partition coefficient (Wildman–Crippen LogP) is 13.8. The van der Waals surface area contributed by atoms with E-state index in [1.807, 2.05) is 5.57 Å². The highest BCUT2D eigenvalue weighted by Crippen LogP contribution is 3.05. The molecule has 0 amide bonds. The fourth-order valence-electron chi connectivity index (χ4n) is 21.1. The molecule has 10 fully saturated rings. The van der Waals surface area contributed by atoms with Crippen molar-refractivity contribution < 1.29 is 0 Å². The van der Waals surface area contributed by atoms with Crippen LogP contribution >= 0.6 is 0 Å². The molecule has 12 rings (SSSR count). The molecule has 0 saturated heterocycles. The van der Waals surface area contributed by atoms with E-state index in [1.165, 1.54) is 70.6 Å². The van der Waals surface area contributed by atoms with Gasteiger partial charge < -0.3 is 0 Å². The number of fused-ring (bicyclic) bond motifs is 9. The predicted molar refractivity (Wildman–Crippen MR) is 211 cm³/mol. The van der Waals surface area contributed by atoms with Gasteiger partial charge in [-0.05, 0) is 227 Å². The second-order valence-corrected chi connectivity index (χ2v) is 22.5. The van der Waals surface area contributed by atoms with Crippen molar-refractivity contribution >= 4 is 0 Å². The van der Waals surface area contributed by atoms with Crippen molar-refractivity contribution in [3.63, 3.8) is 0 Å². The van der Waals surface area contributed by atoms with Crippen LogP contribution in [-0.2, 0) is 0 Å². The van der Waals surface area contributed by atoms with E-state index in [0.717, 1.165) is 106 Å². The smallest absolute Gasteiger partial charge is 0.00681 e. The molecule has 12 aliphatic rings. The molecule has 10 saturated carbocycles. The molecule has 0 aromatic rings. The number of hydrogen-bond acceptors (Lipinski definition) is 0. The van der Waals surface area contributed by atoms with Crippen LogP contribution in [0.25, 0.3) is 0 Å². The van der Waals surface area contributed by atoms with Gasteiger partial charge in [0.1, 0.15) is 0 Å². The van der Waals surface area contributed by atoms with Crippen LogP contribution in [-0.4, -0.2) is 0 Å². The molecule has 0 aromatic heterocycles. The molecule has 0 aliphatic heterocycles. The Morgan fingerprint density at radius 1 is 0.667 bits per heavy atom. The molecular weight excluding hydrogens is 613 g/mol. The van der Waals surface area contributed by atoms with Crippen LogP contribution < -0.4 is 0 Å². The minimum atomic E-state index is 0.701. The minimum Gasteiger partial charge on any atom is -0.0882 e. The Hall–Kier alpha value is -0.780. The molecule has 0 nitrogen and oxygen atoms in total. The molecule has 19 unspecified atom stereocenters. The first-order valence-electron chi connectivity index (χ1n) is 24.2. The van der Waals surface area contributed by atoms with E-state index >= 15 is 0 Å². The normalized spacial score (nSPS) is 58.0. The summed E-state index contributed by atoms with van der Waals surface area (Å²) in [6, 6.07) is 0. The molecular formula is C51H74. The molecule has 0 heterocycles. The van der Waals surface area contributed by atoms with Crippen molar-refractivity contribution in [2.24, 2.45) is 111 Å². The largest absolute Gasteiger partial charge is 0.0882 e. The summed E-state index contributed by atoms with van der Waals surface area (Å²) in [5.41, 5.74) is 4.07. The first-order chi connectivity index (χ1) is 25.2. The second kappa shape index (κ2) is 11.9. The quantitative estimate of drug-likeness (QED) is 0.244. The summed E-state index contributed by atoms with van der Waals surface area (Å²) in [7, 11) is 0. The lowest BCUT2D eigenvalue weighted by atomic mass is 9.44. The highest BCUT2D eigenvalue weighted by molar-refractivity contribution is 5.50. The van der Waals surface area contributed by atoms with Gasteiger partial charge >= 0.3 is 0 Å². The van der Waals surface area contributed by atoms with E-state index in [0.29, 0.717) is 5.41 Å². The van der Waals surface area contributed by atoms with Crippen LogP contribution in [0.5, 0.6) is 0 Å². The lowest BCUT2D eigenvalue weighted by Gasteiger charge is -2.60. The van der Waals surface area contributed by atoms with Gasteiger partial charge in [0.05, 0.1) is 0 Å². The van der Waals surface area contributed by atoms with Crippen molar-refractivity contribution in [3.05, 3.63) is 36.0 Å². The molecule has 278 valence electrons. The Morgan fingerprint density at radius 3 is 2.47 bits per heavy atom. The van der Waals surface area contributed by atoms with Crippen molar-refractivity contribution in [2.45, 2.75) is 167 Å². The third-order valence-electron chi connectivity index (χ3n) is 21.8. The third kappa shape index (κ3) is 4.02. The zero-order valence-electron chi connectivity index (χ0n) is 32.8. The van der Waals surface area contributed by atoms with Crippen molar-refractivity contribution in [2.75, 3.05) is 0 Å². The van der Waals surface area contributed by atoms with E-state index < -0.39 is 0 Å². The van der Waals surface area contributed by atoms with Crippen molar-refractivity contribution in [1.82, 2.24) is 0 Å². The van der Waals surface area contributed by atoms with Gasteiger partial charge in [-0.1, -0.05) is 87.8 Å². The summed E-state index contributed by atoms with van der Waals surface area (Å²) in [6.45, 7) is 2.55. The molecule has 51 heavy (non-hydrogen) atoms. The molecule has 0 radical (unpaired) electrons. The Balaban J connectivity index is 0.906. The zero-order chi connectivity index (χ0) is 33.5. The van der Waals surface area contributed by atoms with Gasteiger partial charge in [0.25, 0.3) is 0 Å². The summed E-state index contributed by atoms with van der Waals surface area (Å²) in [4.78, 5) is 0. The van der Waals surface area contributed by atoms with E-state index in [9.17, 15) is 0 Å². The summed E-state index contributed by atoms with van der Waals surface area (Å²) < 4.78 is 0. The topological polar surface area (TPSA) is 0 Å². The van der Waals surface area contributed by atoms with Crippen LogP contribution in [0.2, 0.25) is 0 Å². The molecule has 6 bridgehead atoms. The maximum Gasteiger partial charge on any atom is -0.00681 e. The van der Waals surface area contributed by atoms with Gasteiger partial charge in [-0.3, -0.25) is 0 Å². The summed E-state index contributed by atoms with van der Waals surface area (Å²) in [6.07, 6.45) is 53.0. The SMILES string of the molecule is CCC(CC=C1CCC2CCCCC12)CCC1CC2CCC3CCC4C5CCC=CC5C56C7CCC8C9C=CCCC9C5(C8C7)C6(C(C1)C2)C4C3. The highest BCUT2D eigenvalue weighted by atomic mass is 15.0. The van der Waals surface area contributed by atoms with E-state index in [4.69, 9.17) is 0 Å². The van der Waals surface area contributed by atoms with Crippen LogP contribution in [0.1, 0.15) is 167 Å². The van der Waals surface area contributed by atoms with Gasteiger partial charge in [-0.15, -0.1) is 0 Å². The maximum absolute atomic E-state index is 3.00. The fourth-order valence-corrected chi connectivity index (χ4v) is 21.1. The standard InChI is InChI=1S/C51H74/c1-2-32(19-21-37-23-22-36-9-3-4-10-40(36)37)15-17-34-27-35-18-16-33-20-25-43-41-11-5-7-13-45(41)49-38-24-26-44-42-12-6-8-14-46(42)51(49,48(44)31-38)50(49,47(43)30-33)39(28-34)29-35/h6-7,12-13,21,32-36,38-48H,2-5,8-11,14-20,22-31H2,1H3. The molecule has 3 spiro atoms. The zero-order valence-corrected chi connectivity index (χ0v) is 32.8. The summed E-state index contributed by atoms with van der Waals surface area (Å²) in [5.74, 6) is 16.6. The molecule has 0 aromatic carbocycles. The van der Waals surface area contributed by atoms with Gasteiger partial charge in [0, 0.05) is 0 Å². The number of rotatable bonds is 6. The van der Waals surface area contributed by atoms with Crippen LogP contribution in [0.15, 0.2) is 36.0 Å². The van der Waals surface area contributed by atoms with Crippen LogP contribution in [0, 0.1) is 111 Å². The van der Waals surface area contributed by atoms with E-state index in [-0.39, 0.29) is 0 Å². The molecule has 0 N–H and O–H groups in total. The first-order valence-corrected chi connectivity index (χ1v) is 24.2. The van der Waals surface area contributed by atoms with Crippen LogP contribution in [0.3, 0.4) is 0 Å². The first kappa shape index (κ1) is 32.5. The van der Waals surface area contributed by atoms with Gasteiger partial charge in [-0.2, -0.15) is 0 Å². The van der Waals surface area contributed by atoms with Gasteiger partial charge in [-0.25, -0.2) is 0 Å². The molecule has 12 aliphatic carbocycles. The minimum absolute atomic E-state index is 0.701. The molecule has 0 heteroatoms. The average Bonchev–Trinajstić information content (AvgIpc) is 3.37. The van der Waals surface area contributed by atoms with E-state index in [1.54, 1.807) is 89.9 Å². The fraction of sp³-hybridized carbons (Fsp3) is 0.882. The van der Waals surface area contributed by atoms with Crippen molar-refractivity contribution in [1.29, 1.82) is 0 Å². The lowest BCUT2D eigenvalue weighted by molar-refractivity contribution is -0.111. The lowest BCUT2D eigenvalue weighted by Crippen LogP contribution is -2.54. The Labute approximate surface area is 313 Å². The Morgan fingerprint density at radius 2 is 1.51 bits per heavy atom. The van der Waals surface area contributed by atoms with E-state index in [2.05, 4.69) is 37.3 Å². The summed E-state index contributed by atoms with van der Waals surface area (Å²) in [5, 5.41) is 0. The summed E-state index contributed by atoms with van der Waals surface area (Å²) >= 11 is 0. The number of allylic oxidation sites excluding steroid dienone is 6. The van der Waals surface area contributed by atoms with Crippen LogP contribution in [0.4, 0.5) is 0 Å². The Kier molecular flexibility index (Phi) is 7.55. The third-order valence-corrected chi connectivity index (χ3v) is 21.8. The molecule has 19 atom stereocenters.